The summed E-state index contributed by atoms with van der Waals surface area (Å²) in [4.78, 5) is 45.6. The fourth-order valence-corrected chi connectivity index (χ4v) is 5.29. The summed E-state index contributed by atoms with van der Waals surface area (Å²) in [6, 6.07) is 11.8. The summed E-state index contributed by atoms with van der Waals surface area (Å²) in [6.07, 6.45) is 9.53. The number of benzene rings is 1. The smallest absolute Gasteiger partial charge is 0.247 e. The summed E-state index contributed by atoms with van der Waals surface area (Å²) in [5.74, 6) is -0.165. The van der Waals surface area contributed by atoms with Crippen LogP contribution in [0.1, 0.15) is 75.8 Å². The molecule has 4 rings (SSSR count). The number of aromatic nitrogens is 1. The number of hydrogen-bond donors (Lipinski definition) is 2. The van der Waals surface area contributed by atoms with Crippen LogP contribution >= 0.6 is 11.6 Å². The van der Waals surface area contributed by atoms with E-state index < -0.39 is 6.04 Å². The summed E-state index contributed by atoms with van der Waals surface area (Å²) in [5, 5.41) is 6.50. The highest BCUT2D eigenvalue weighted by Gasteiger charge is 2.38. The van der Waals surface area contributed by atoms with Crippen molar-refractivity contribution in [3.05, 3.63) is 59.2 Å². The van der Waals surface area contributed by atoms with Crippen molar-refractivity contribution in [3.8, 4) is 0 Å². The highest BCUT2D eigenvalue weighted by atomic mass is 35.5. The third kappa shape index (κ3) is 6.82. The van der Waals surface area contributed by atoms with Crippen molar-refractivity contribution in [2.75, 3.05) is 5.32 Å². The van der Waals surface area contributed by atoms with Gasteiger partial charge in [0.1, 0.15) is 11.9 Å². The monoisotopic (exact) mass is 496 g/mol. The van der Waals surface area contributed by atoms with Gasteiger partial charge in [-0.2, -0.15) is 0 Å². The van der Waals surface area contributed by atoms with Crippen molar-refractivity contribution >= 4 is 35.1 Å². The molecule has 0 aliphatic heterocycles. The lowest BCUT2D eigenvalue weighted by Crippen LogP contribution is -2.49. The van der Waals surface area contributed by atoms with Crippen LogP contribution in [0, 0.1) is 0 Å². The second kappa shape index (κ2) is 12.2. The Morgan fingerprint density at radius 2 is 1.63 bits per heavy atom. The molecule has 8 heteroatoms. The molecular weight excluding hydrogens is 464 g/mol. The molecule has 0 saturated heterocycles. The van der Waals surface area contributed by atoms with Crippen LogP contribution in [0.4, 0.5) is 5.82 Å². The Balaban J connectivity index is 1.53. The Kier molecular flexibility index (Phi) is 8.74. The van der Waals surface area contributed by atoms with Crippen LogP contribution in [0.3, 0.4) is 0 Å². The van der Waals surface area contributed by atoms with E-state index in [1.165, 1.54) is 0 Å². The van der Waals surface area contributed by atoms with Gasteiger partial charge >= 0.3 is 0 Å². The summed E-state index contributed by atoms with van der Waals surface area (Å²) >= 11 is 6.12. The van der Waals surface area contributed by atoms with Crippen LogP contribution in [0.5, 0.6) is 0 Å². The lowest BCUT2D eigenvalue weighted by Gasteiger charge is -2.37. The van der Waals surface area contributed by atoms with E-state index in [0.29, 0.717) is 10.8 Å². The van der Waals surface area contributed by atoms with Crippen LogP contribution in [-0.4, -0.2) is 39.7 Å². The van der Waals surface area contributed by atoms with E-state index in [1.807, 2.05) is 12.1 Å². The Bertz CT molecular complexity index is 1000. The minimum Gasteiger partial charge on any atom is -0.351 e. The van der Waals surface area contributed by atoms with Gasteiger partial charge < -0.3 is 15.5 Å². The molecule has 2 saturated carbocycles. The van der Waals surface area contributed by atoms with Crippen LogP contribution in [0.2, 0.25) is 5.02 Å². The molecule has 0 spiro atoms. The number of hydrogen-bond acceptors (Lipinski definition) is 4. The van der Waals surface area contributed by atoms with Crippen LogP contribution < -0.4 is 10.6 Å². The van der Waals surface area contributed by atoms with Gasteiger partial charge in [0.25, 0.3) is 0 Å². The third-order valence-corrected chi connectivity index (χ3v) is 7.17. The fraction of sp³-hybridized carbons (Fsp3) is 0.481. The number of pyridine rings is 1. The molecule has 1 aromatic carbocycles. The van der Waals surface area contributed by atoms with E-state index in [2.05, 4.69) is 15.6 Å². The summed E-state index contributed by atoms with van der Waals surface area (Å²) in [5.41, 5.74) is 0.739. The fourth-order valence-electron chi connectivity index (χ4n) is 5.17. The number of halogens is 1. The molecule has 2 aromatic rings. The SMILES string of the molecule is O=C(CCC(=O)N(C1CCCC1)[C@@H](C(=O)NC1CCCC1)c1ccc(Cl)cc1)Nc1ccccn1. The average Bonchev–Trinajstić information content (AvgIpc) is 3.57. The summed E-state index contributed by atoms with van der Waals surface area (Å²) < 4.78 is 0. The second-order valence-corrected chi connectivity index (χ2v) is 9.88. The largest absolute Gasteiger partial charge is 0.351 e. The van der Waals surface area contributed by atoms with Crippen molar-refractivity contribution in [3.63, 3.8) is 0 Å². The Labute approximate surface area is 211 Å². The molecule has 1 atom stereocenters. The molecule has 3 amide bonds. The molecule has 7 nitrogen and oxygen atoms in total. The van der Waals surface area contributed by atoms with Crippen molar-refractivity contribution in [1.29, 1.82) is 0 Å². The molecule has 2 aliphatic rings. The van der Waals surface area contributed by atoms with Gasteiger partial charge in [0.05, 0.1) is 0 Å². The molecule has 1 heterocycles. The first kappa shape index (κ1) is 25.2. The number of amides is 3. The molecule has 1 aromatic heterocycles. The normalized spacial score (nSPS) is 17.2. The maximum Gasteiger partial charge on any atom is 0.247 e. The zero-order valence-corrected chi connectivity index (χ0v) is 20.7. The van der Waals surface area contributed by atoms with E-state index in [-0.39, 0.29) is 42.6 Å². The van der Waals surface area contributed by atoms with Crippen molar-refractivity contribution < 1.29 is 14.4 Å². The number of carbonyl (C=O) groups excluding carboxylic acids is 3. The lowest BCUT2D eigenvalue weighted by molar-refractivity contribution is -0.144. The van der Waals surface area contributed by atoms with Gasteiger partial charge in [0.15, 0.2) is 0 Å². The first-order valence-electron chi connectivity index (χ1n) is 12.6. The van der Waals surface area contributed by atoms with E-state index in [9.17, 15) is 14.4 Å². The highest BCUT2D eigenvalue weighted by Crippen LogP contribution is 2.33. The summed E-state index contributed by atoms with van der Waals surface area (Å²) in [7, 11) is 0. The second-order valence-electron chi connectivity index (χ2n) is 9.45. The van der Waals surface area contributed by atoms with Gasteiger partial charge in [-0.25, -0.2) is 4.98 Å². The molecule has 186 valence electrons. The predicted molar refractivity (Wildman–Crippen MR) is 136 cm³/mol. The Hall–Kier alpha value is -2.93. The minimum atomic E-state index is -0.748. The van der Waals surface area contributed by atoms with E-state index >= 15 is 0 Å². The van der Waals surface area contributed by atoms with Gasteiger partial charge in [0, 0.05) is 36.1 Å². The maximum absolute atomic E-state index is 13.6. The number of nitrogens with one attached hydrogen (secondary N) is 2. The molecule has 2 N–H and O–H groups in total. The third-order valence-electron chi connectivity index (χ3n) is 6.92. The lowest BCUT2D eigenvalue weighted by atomic mass is 9.99. The van der Waals surface area contributed by atoms with Gasteiger partial charge in [-0.05, 0) is 55.5 Å². The molecule has 35 heavy (non-hydrogen) atoms. The molecular formula is C27H33ClN4O3. The highest BCUT2D eigenvalue weighted by molar-refractivity contribution is 6.30. The Morgan fingerprint density at radius 1 is 0.943 bits per heavy atom. The molecule has 2 aliphatic carbocycles. The summed E-state index contributed by atoms with van der Waals surface area (Å²) in [6.45, 7) is 0. The number of nitrogens with zero attached hydrogens (tertiary/aromatic N) is 2. The van der Waals surface area contributed by atoms with Crippen molar-refractivity contribution in [1.82, 2.24) is 15.2 Å². The number of carbonyl (C=O) groups is 3. The molecule has 0 radical (unpaired) electrons. The van der Waals surface area contributed by atoms with Crippen molar-refractivity contribution in [2.24, 2.45) is 0 Å². The van der Waals surface area contributed by atoms with Crippen LogP contribution in [-0.2, 0) is 14.4 Å². The molecule has 0 bridgehead atoms. The first-order chi connectivity index (χ1) is 17.0. The number of anilines is 1. The topological polar surface area (TPSA) is 91.4 Å². The van der Waals surface area contributed by atoms with E-state index in [4.69, 9.17) is 11.6 Å². The minimum absolute atomic E-state index is 0.0238. The maximum atomic E-state index is 13.6. The van der Waals surface area contributed by atoms with Gasteiger partial charge in [-0.3, -0.25) is 14.4 Å². The van der Waals surface area contributed by atoms with Crippen LogP contribution in [0.25, 0.3) is 0 Å². The van der Waals surface area contributed by atoms with Gasteiger partial charge in [-0.15, -0.1) is 0 Å². The van der Waals surface area contributed by atoms with E-state index in [0.717, 1.165) is 56.9 Å². The standard InChI is InChI=1S/C27H33ClN4O3/c28-20-14-12-19(13-15-20)26(27(35)30-21-7-1-2-8-21)32(22-9-3-4-10-22)25(34)17-16-24(33)31-23-11-5-6-18-29-23/h5-6,11-15,18,21-22,26H,1-4,7-10,16-17H2,(H,30,35)(H,29,31,33)/t26-/m1/s1. The molecule has 0 unspecified atom stereocenters. The van der Waals surface area contributed by atoms with Gasteiger partial charge in [0.2, 0.25) is 17.7 Å². The quantitative estimate of drug-likeness (QED) is 0.509. The average molecular weight is 497 g/mol. The zero-order chi connectivity index (χ0) is 24.6. The zero-order valence-electron chi connectivity index (χ0n) is 19.9. The van der Waals surface area contributed by atoms with Crippen LogP contribution in [0.15, 0.2) is 48.7 Å². The molecule has 2 fully saturated rings. The van der Waals surface area contributed by atoms with Gasteiger partial charge in [-0.1, -0.05) is 55.5 Å². The van der Waals surface area contributed by atoms with Crippen molar-refractivity contribution in [2.45, 2.75) is 82.3 Å². The first-order valence-corrected chi connectivity index (χ1v) is 13.0. The predicted octanol–water partition coefficient (Wildman–Crippen LogP) is 5.03. The Morgan fingerprint density at radius 3 is 2.29 bits per heavy atom. The number of rotatable bonds is 9. The van der Waals surface area contributed by atoms with E-state index in [1.54, 1.807) is 41.4 Å².